The molecule has 10 aromatic rings. The zero-order chi connectivity index (χ0) is 38.2. The van der Waals surface area contributed by atoms with E-state index in [-0.39, 0.29) is 0 Å². The minimum atomic E-state index is -0.567. The molecule has 12 rings (SSSR count). The Morgan fingerprint density at radius 3 is 1.93 bits per heavy atom. The second-order valence-corrected chi connectivity index (χ2v) is 16.2. The molecule has 1 spiro atoms. The smallest absolute Gasteiger partial charge is 0.160 e. The van der Waals surface area contributed by atoms with Crippen LogP contribution < -0.4 is 0 Å². The van der Waals surface area contributed by atoms with Crippen LogP contribution in [0, 0.1) is 0 Å². The summed E-state index contributed by atoms with van der Waals surface area (Å²) in [5.41, 5.74) is 16.6. The molecule has 0 amide bonds. The fourth-order valence-corrected chi connectivity index (χ4v) is 10.5. The number of fused-ring (bicyclic) bond motifs is 12. The van der Waals surface area contributed by atoms with E-state index in [2.05, 4.69) is 169 Å². The summed E-state index contributed by atoms with van der Waals surface area (Å²) >= 11 is 1.88. The summed E-state index contributed by atoms with van der Waals surface area (Å²) in [6, 6.07) is 63.8. The summed E-state index contributed by atoms with van der Waals surface area (Å²) < 4.78 is 2.62. The molecule has 0 radical (unpaired) electrons. The van der Waals surface area contributed by atoms with E-state index in [1.54, 1.807) is 6.20 Å². The molecule has 0 saturated heterocycles. The maximum Gasteiger partial charge on any atom is 0.160 e. The van der Waals surface area contributed by atoms with Crippen molar-refractivity contribution < 1.29 is 0 Å². The molecule has 58 heavy (non-hydrogen) atoms. The lowest BCUT2D eigenvalue weighted by atomic mass is 9.65. The Bertz CT molecular complexity index is 3270. The lowest BCUT2D eigenvalue weighted by Crippen LogP contribution is -2.30. The third kappa shape index (κ3) is 4.95. The molecule has 7 aromatic carbocycles. The average molecular weight is 756 g/mol. The van der Waals surface area contributed by atoms with Crippen molar-refractivity contribution in [1.82, 2.24) is 15.0 Å². The third-order valence-electron chi connectivity index (χ3n) is 12.0. The van der Waals surface area contributed by atoms with Crippen molar-refractivity contribution >= 4 is 43.7 Å². The maximum atomic E-state index is 5.31. The molecule has 0 bridgehead atoms. The molecule has 3 aromatic heterocycles. The zero-order valence-electron chi connectivity index (χ0n) is 31.3. The zero-order valence-corrected chi connectivity index (χ0v) is 32.1. The van der Waals surface area contributed by atoms with Gasteiger partial charge in [-0.2, -0.15) is 0 Å². The van der Waals surface area contributed by atoms with Gasteiger partial charge in [-0.3, -0.25) is 4.98 Å². The van der Waals surface area contributed by atoms with E-state index in [4.69, 9.17) is 9.97 Å². The second-order valence-electron chi connectivity index (χ2n) is 15.2. The monoisotopic (exact) mass is 755 g/mol. The third-order valence-corrected chi connectivity index (χ3v) is 13.2. The van der Waals surface area contributed by atoms with Gasteiger partial charge in [0.2, 0.25) is 0 Å². The summed E-state index contributed by atoms with van der Waals surface area (Å²) in [6.07, 6.45) is 8.30. The van der Waals surface area contributed by atoms with Gasteiger partial charge >= 0.3 is 0 Å². The second kappa shape index (κ2) is 12.9. The number of thiophene rings is 1. The number of hydrogen-bond acceptors (Lipinski definition) is 4. The van der Waals surface area contributed by atoms with Crippen LogP contribution in [0.5, 0.6) is 0 Å². The summed E-state index contributed by atoms with van der Waals surface area (Å²) in [5, 5.41) is 2.63. The van der Waals surface area contributed by atoms with Crippen LogP contribution in [0.15, 0.2) is 188 Å². The van der Waals surface area contributed by atoms with Gasteiger partial charge in [0.1, 0.15) is 0 Å². The first-order chi connectivity index (χ1) is 28.7. The van der Waals surface area contributed by atoms with E-state index < -0.39 is 5.41 Å². The van der Waals surface area contributed by atoms with Gasteiger partial charge in [-0.05, 0) is 92.0 Å². The highest BCUT2D eigenvalue weighted by Gasteiger charge is 2.49. The summed E-state index contributed by atoms with van der Waals surface area (Å²) in [7, 11) is 0. The van der Waals surface area contributed by atoms with Gasteiger partial charge in [0, 0.05) is 49.3 Å². The summed E-state index contributed by atoms with van der Waals surface area (Å²) in [4.78, 5) is 14.8. The Kier molecular flexibility index (Phi) is 7.31. The normalized spacial score (nSPS) is 14.9. The van der Waals surface area contributed by atoms with E-state index in [1.807, 2.05) is 41.8 Å². The molecule has 0 aliphatic heterocycles. The van der Waals surface area contributed by atoms with Crippen LogP contribution in [-0.2, 0) is 5.41 Å². The van der Waals surface area contributed by atoms with Crippen LogP contribution in [0.2, 0.25) is 0 Å². The summed E-state index contributed by atoms with van der Waals surface area (Å²) in [5.74, 6) is 0.697. The molecule has 0 N–H and O–H groups in total. The van der Waals surface area contributed by atoms with E-state index in [0.29, 0.717) is 5.82 Å². The largest absolute Gasteiger partial charge is 0.264 e. The average Bonchev–Trinajstić information content (AvgIpc) is 3.75. The fraction of sp³-hybridized carbons (Fsp3) is 0.0185. The van der Waals surface area contributed by atoms with Gasteiger partial charge in [0.05, 0.1) is 16.8 Å². The molecule has 3 nitrogen and oxygen atoms in total. The Morgan fingerprint density at radius 2 is 1.09 bits per heavy atom. The van der Waals surface area contributed by atoms with Gasteiger partial charge in [0.25, 0.3) is 0 Å². The molecule has 1 atom stereocenters. The quantitative estimate of drug-likeness (QED) is 0.180. The molecule has 270 valence electrons. The molecule has 3 heterocycles. The fourth-order valence-electron chi connectivity index (χ4n) is 9.40. The first kappa shape index (κ1) is 32.9. The highest BCUT2D eigenvalue weighted by Crippen LogP contribution is 2.60. The van der Waals surface area contributed by atoms with Crippen LogP contribution in [0.25, 0.3) is 88.5 Å². The molecule has 2 aliphatic carbocycles. The van der Waals surface area contributed by atoms with Crippen molar-refractivity contribution in [2.75, 3.05) is 0 Å². The van der Waals surface area contributed by atoms with Crippen molar-refractivity contribution in [1.29, 1.82) is 0 Å². The lowest BCUT2D eigenvalue weighted by Gasteiger charge is -2.35. The molecule has 4 heteroatoms. The number of benzene rings is 7. The minimum Gasteiger partial charge on any atom is -0.264 e. The van der Waals surface area contributed by atoms with Gasteiger partial charge in [-0.15, -0.1) is 11.3 Å². The predicted octanol–water partition coefficient (Wildman–Crippen LogP) is 13.8. The Labute approximate surface area is 340 Å². The lowest BCUT2D eigenvalue weighted by molar-refractivity contribution is 0.768. The molecular weight excluding hydrogens is 723 g/mol. The topological polar surface area (TPSA) is 38.7 Å². The number of nitrogens with zero attached hydrogens (tertiary/aromatic N) is 3. The Morgan fingerprint density at radius 1 is 0.397 bits per heavy atom. The number of rotatable bonds is 4. The molecule has 0 saturated carbocycles. The van der Waals surface area contributed by atoms with Crippen LogP contribution >= 0.6 is 11.3 Å². The van der Waals surface area contributed by atoms with E-state index >= 15 is 0 Å². The minimum absolute atomic E-state index is 0.567. The van der Waals surface area contributed by atoms with Gasteiger partial charge in [-0.25, -0.2) is 9.97 Å². The highest BCUT2D eigenvalue weighted by molar-refractivity contribution is 7.25. The van der Waals surface area contributed by atoms with Crippen molar-refractivity contribution in [2.45, 2.75) is 5.41 Å². The first-order valence-electron chi connectivity index (χ1n) is 19.7. The van der Waals surface area contributed by atoms with E-state index in [1.165, 1.54) is 64.7 Å². The first-order valence-corrected chi connectivity index (χ1v) is 20.5. The van der Waals surface area contributed by atoms with Crippen LogP contribution in [0.3, 0.4) is 0 Å². The predicted molar refractivity (Wildman–Crippen MR) is 241 cm³/mol. The molecule has 1 unspecified atom stereocenters. The van der Waals surface area contributed by atoms with Crippen molar-refractivity contribution in [3.63, 3.8) is 0 Å². The SMILES string of the molecule is C1=Cc2ccc(-c3cc(-c4ccc(-c5cccnc5)cc4)nc(-c4ccccc4)n3)cc2C2(c3ccccc31)c1ccccc1-c1cc3c(cc12)sc1ccccc13. The molecule has 2 aliphatic rings. The van der Waals surface area contributed by atoms with Crippen LogP contribution in [0.4, 0.5) is 0 Å². The van der Waals surface area contributed by atoms with Crippen molar-refractivity contribution in [3.05, 3.63) is 222 Å². The van der Waals surface area contributed by atoms with Gasteiger partial charge in [-0.1, -0.05) is 152 Å². The summed E-state index contributed by atoms with van der Waals surface area (Å²) in [6.45, 7) is 0. The van der Waals surface area contributed by atoms with Gasteiger partial charge < -0.3 is 0 Å². The number of pyridine rings is 1. The van der Waals surface area contributed by atoms with Crippen molar-refractivity contribution in [2.24, 2.45) is 0 Å². The van der Waals surface area contributed by atoms with Crippen LogP contribution in [0.1, 0.15) is 33.4 Å². The Hall–Kier alpha value is -7.27. The van der Waals surface area contributed by atoms with Crippen molar-refractivity contribution in [3.8, 4) is 56.2 Å². The molecular formula is C54H33N3S. The van der Waals surface area contributed by atoms with Gasteiger partial charge in [0.15, 0.2) is 5.82 Å². The maximum absolute atomic E-state index is 5.31. The molecule has 0 fully saturated rings. The number of aromatic nitrogens is 3. The Balaban J connectivity index is 1.11. The van der Waals surface area contributed by atoms with E-state index in [9.17, 15) is 0 Å². The van der Waals surface area contributed by atoms with Crippen LogP contribution in [-0.4, -0.2) is 15.0 Å². The number of hydrogen-bond donors (Lipinski definition) is 0. The standard InChI is InChI=1S/C54H33N3S/c1-2-12-38(13-3-1)53-56-49(37-25-20-34(21-26-37)40-14-10-28-55-33-40)32-50(57-53)39-27-24-36-23-22-35-11-4-7-17-45(35)54(47(36)29-39)46-18-8-5-15-41(46)43-30-44-42-16-6-9-19-51(42)58-52(44)31-48(43)54/h1-33H. The van der Waals surface area contributed by atoms with E-state index in [0.717, 1.165) is 39.2 Å². The highest BCUT2D eigenvalue weighted by atomic mass is 32.1.